The van der Waals surface area contributed by atoms with Crippen LogP contribution in [0, 0.1) is 5.82 Å². The van der Waals surface area contributed by atoms with E-state index in [2.05, 4.69) is 30.1 Å². The van der Waals surface area contributed by atoms with E-state index in [-0.39, 0.29) is 5.82 Å². The van der Waals surface area contributed by atoms with Gasteiger partial charge in [0, 0.05) is 24.2 Å². The van der Waals surface area contributed by atoms with Gasteiger partial charge in [-0.2, -0.15) is 0 Å². The number of benzene rings is 1. The normalized spacial score (nSPS) is 31.1. The molecule has 116 valence electrons. The van der Waals surface area contributed by atoms with Crippen molar-refractivity contribution in [1.29, 1.82) is 0 Å². The summed E-state index contributed by atoms with van der Waals surface area (Å²) in [5, 5.41) is 3.63. The van der Waals surface area contributed by atoms with Gasteiger partial charge in [-0.3, -0.25) is 4.90 Å². The minimum absolute atomic E-state index is 0.118. The van der Waals surface area contributed by atoms with Crippen molar-refractivity contribution in [2.75, 3.05) is 6.54 Å². The van der Waals surface area contributed by atoms with Gasteiger partial charge in [-0.15, -0.1) is 0 Å². The zero-order valence-corrected chi connectivity index (χ0v) is 13.2. The van der Waals surface area contributed by atoms with Crippen LogP contribution in [-0.4, -0.2) is 29.6 Å². The second kappa shape index (κ2) is 6.45. The first-order chi connectivity index (χ1) is 10.2. The molecule has 0 spiro atoms. The zero-order chi connectivity index (χ0) is 14.8. The number of rotatable bonds is 4. The summed E-state index contributed by atoms with van der Waals surface area (Å²) in [5.41, 5.74) is 1.12. The highest BCUT2D eigenvalue weighted by molar-refractivity contribution is 5.20. The molecule has 2 nitrogen and oxygen atoms in total. The molecule has 2 fully saturated rings. The van der Waals surface area contributed by atoms with Crippen molar-refractivity contribution < 1.29 is 4.39 Å². The molecule has 2 heterocycles. The first-order valence-electron chi connectivity index (χ1n) is 8.45. The zero-order valence-electron chi connectivity index (χ0n) is 13.2. The van der Waals surface area contributed by atoms with Gasteiger partial charge in [-0.25, -0.2) is 4.39 Å². The summed E-state index contributed by atoms with van der Waals surface area (Å²) in [6.07, 6.45) is 6.41. The summed E-state index contributed by atoms with van der Waals surface area (Å²) >= 11 is 0. The maximum Gasteiger partial charge on any atom is 0.123 e. The van der Waals surface area contributed by atoms with Gasteiger partial charge >= 0.3 is 0 Å². The van der Waals surface area contributed by atoms with Gasteiger partial charge < -0.3 is 5.32 Å². The fourth-order valence-corrected chi connectivity index (χ4v) is 4.44. The highest BCUT2D eigenvalue weighted by Crippen LogP contribution is 2.39. The number of fused-ring (bicyclic) bond motifs is 2. The van der Waals surface area contributed by atoms with Gasteiger partial charge in [-0.1, -0.05) is 25.5 Å². The Labute approximate surface area is 127 Å². The maximum absolute atomic E-state index is 13.5. The van der Waals surface area contributed by atoms with E-state index >= 15 is 0 Å². The third kappa shape index (κ3) is 3.14. The molecule has 21 heavy (non-hydrogen) atoms. The summed E-state index contributed by atoms with van der Waals surface area (Å²) in [6, 6.07) is 9.44. The summed E-state index contributed by atoms with van der Waals surface area (Å²) in [4.78, 5) is 2.67. The van der Waals surface area contributed by atoms with Crippen molar-refractivity contribution in [2.45, 2.75) is 70.1 Å². The maximum atomic E-state index is 13.5. The lowest BCUT2D eigenvalue weighted by Crippen LogP contribution is -2.56. The molecule has 3 rings (SSSR count). The average Bonchev–Trinajstić information content (AvgIpc) is 2.46. The Hall–Kier alpha value is -0.930. The molecule has 0 aliphatic carbocycles. The van der Waals surface area contributed by atoms with E-state index in [1.807, 2.05) is 6.07 Å². The van der Waals surface area contributed by atoms with E-state index in [9.17, 15) is 4.39 Å². The van der Waals surface area contributed by atoms with Gasteiger partial charge in [0.2, 0.25) is 0 Å². The summed E-state index contributed by atoms with van der Waals surface area (Å²) in [6.45, 7) is 5.49. The first kappa shape index (κ1) is 15.0. The smallest absolute Gasteiger partial charge is 0.123 e. The molecule has 3 heteroatoms. The topological polar surface area (TPSA) is 15.3 Å². The second-order valence-electron chi connectivity index (χ2n) is 6.64. The highest BCUT2D eigenvalue weighted by Gasteiger charge is 2.40. The van der Waals surface area contributed by atoms with Crippen molar-refractivity contribution in [3.05, 3.63) is 35.6 Å². The lowest BCUT2D eigenvalue weighted by molar-refractivity contribution is -0.00609. The van der Waals surface area contributed by atoms with Gasteiger partial charge in [0.25, 0.3) is 0 Å². The lowest BCUT2D eigenvalue weighted by Gasteiger charge is -2.52. The molecule has 1 aromatic rings. The molecule has 1 aromatic carbocycles. The van der Waals surface area contributed by atoms with Crippen molar-refractivity contribution in [1.82, 2.24) is 10.2 Å². The molecule has 2 aliphatic heterocycles. The Bertz CT molecular complexity index is 462. The number of hydrogen-bond donors (Lipinski definition) is 1. The third-order valence-electron chi connectivity index (χ3n) is 5.30. The quantitative estimate of drug-likeness (QED) is 0.905. The van der Waals surface area contributed by atoms with Crippen LogP contribution in [-0.2, 0) is 0 Å². The Morgan fingerprint density at radius 1 is 1.29 bits per heavy atom. The molecule has 2 saturated heterocycles. The van der Waals surface area contributed by atoms with Crippen molar-refractivity contribution in [3.8, 4) is 0 Å². The molecule has 0 radical (unpaired) electrons. The van der Waals surface area contributed by atoms with Crippen LogP contribution in [0.5, 0.6) is 0 Å². The van der Waals surface area contributed by atoms with E-state index in [0.29, 0.717) is 24.2 Å². The second-order valence-corrected chi connectivity index (χ2v) is 6.64. The first-order valence-corrected chi connectivity index (χ1v) is 8.45. The van der Waals surface area contributed by atoms with Crippen LogP contribution >= 0.6 is 0 Å². The molecule has 3 unspecified atom stereocenters. The molecule has 0 saturated carbocycles. The fraction of sp³-hybridized carbons (Fsp3) is 0.667. The lowest BCUT2D eigenvalue weighted by atomic mass is 9.80. The molecular weight excluding hydrogens is 263 g/mol. The highest BCUT2D eigenvalue weighted by atomic mass is 19.1. The van der Waals surface area contributed by atoms with Crippen LogP contribution in [0.1, 0.15) is 57.6 Å². The van der Waals surface area contributed by atoms with Crippen LogP contribution in [0.3, 0.4) is 0 Å². The monoisotopic (exact) mass is 290 g/mol. The number of nitrogens with one attached hydrogen (secondary N) is 1. The van der Waals surface area contributed by atoms with Crippen molar-refractivity contribution in [2.24, 2.45) is 0 Å². The van der Waals surface area contributed by atoms with Gasteiger partial charge in [0.15, 0.2) is 0 Å². The molecule has 0 amide bonds. The number of nitrogens with zero attached hydrogens (tertiary/aromatic N) is 1. The Balaban J connectivity index is 1.78. The summed E-state index contributed by atoms with van der Waals surface area (Å²) in [5.74, 6) is -0.118. The third-order valence-corrected chi connectivity index (χ3v) is 5.30. The minimum Gasteiger partial charge on any atom is -0.314 e. The Kier molecular flexibility index (Phi) is 4.60. The predicted octanol–water partition coefficient (Wildman–Crippen LogP) is 3.88. The molecular formula is C18H27FN2. The van der Waals surface area contributed by atoms with Crippen LogP contribution in [0.25, 0.3) is 0 Å². The number of hydrogen-bond acceptors (Lipinski definition) is 2. The van der Waals surface area contributed by atoms with Crippen molar-refractivity contribution in [3.63, 3.8) is 0 Å². The van der Waals surface area contributed by atoms with E-state index < -0.39 is 0 Å². The minimum atomic E-state index is -0.118. The van der Waals surface area contributed by atoms with E-state index in [0.717, 1.165) is 12.1 Å². The van der Waals surface area contributed by atoms with Crippen molar-refractivity contribution >= 4 is 0 Å². The van der Waals surface area contributed by atoms with Crippen LogP contribution in [0.4, 0.5) is 4.39 Å². The molecule has 3 atom stereocenters. The molecule has 2 bridgehead atoms. The average molecular weight is 290 g/mol. The van der Waals surface area contributed by atoms with Crippen LogP contribution in [0.15, 0.2) is 24.3 Å². The fourth-order valence-electron chi connectivity index (χ4n) is 4.44. The summed E-state index contributed by atoms with van der Waals surface area (Å²) in [7, 11) is 0. The van der Waals surface area contributed by atoms with Crippen LogP contribution in [0.2, 0.25) is 0 Å². The number of piperidine rings is 2. The molecule has 1 N–H and O–H groups in total. The van der Waals surface area contributed by atoms with Gasteiger partial charge in [-0.05, 0) is 56.8 Å². The Morgan fingerprint density at radius 3 is 2.62 bits per heavy atom. The molecule has 0 aromatic heterocycles. The Morgan fingerprint density at radius 2 is 2.00 bits per heavy atom. The van der Waals surface area contributed by atoms with E-state index in [4.69, 9.17) is 0 Å². The van der Waals surface area contributed by atoms with Gasteiger partial charge in [0.05, 0.1) is 0 Å². The van der Waals surface area contributed by atoms with E-state index in [1.165, 1.54) is 38.2 Å². The largest absolute Gasteiger partial charge is 0.314 e. The number of halogens is 1. The standard InChI is InChI=1S/C18H27FN2/c1-3-20-16-11-17-8-5-9-18(12-16)21(17)13(2)14-6-4-7-15(19)10-14/h4,6-7,10,13,16-18,20H,3,5,8-9,11-12H2,1-2H3. The molecule has 2 aliphatic rings. The van der Waals surface area contributed by atoms with Crippen LogP contribution < -0.4 is 5.32 Å². The van der Waals surface area contributed by atoms with E-state index in [1.54, 1.807) is 6.07 Å². The predicted molar refractivity (Wildman–Crippen MR) is 84.8 cm³/mol. The SMILES string of the molecule is CCNC1CC2CCCC(C1)N2C(C)c1cccc(F)c1. The summed E-state index contributed by atoms with van der Waals surface area (Å²) < 4.78 is 13.5. The van der Waals surface area contributed by atoms with Gasteiger partial charge in [0.1, 0.15) is 5.82 Å².